The van der Waals surface area contributed by atoms with E-state index in [0.29, 0.717) is 12.3 Å². The van der Waals surface area contributed by atoms with Crippen LogP contribution in [0, 0.1) is 5.92 Å². The van der Waals surface area contributed by atoms with Gasteiger partial charge in [0.05, 0.1) is 0 Å². The summed E-state index contributed by atoms with van der Waals surface area (Å²) in [5.74, 6) is 0.724. The van der Waals surface area contributed by atoms with Crippen molar-refractivity contribution >= 4 is 5.91 Å². The summed E-state index contributed by atoms with van der Waals surface area (Å²) in [7, 11) is 4.08. The lowest BCUT2D eigenvalue weighted by molar-refractivity contribution is -0.131. The van der Waals surface area contributed by atoms with E-state index in [9.17, 15) is 4.79 Å². The molecule has 1 amide bonds. The number of amides is 1. The molecule has 1 atom stereocenters. The highest BCUT2D eigenvalue weighted by Gasteiger charge is 2.14. The SMILES string of the molecule is CCN(CC)C(=O)CC(C)CN(C)C. The largest absolute Gasteiger partial charge is 0.343 e. The second kappa shape index (κ2) is 6.82. The van der Waals surface area contributed by atoms with Gasteiger partial charge in [-0.1, -0.05) is 6.92 Å². The van der Waals surface area contributed by atoms with E-state index in [1.54, 1.807) is 0 Å². The highest BCUT2D eigenvalue weighted by atomic mass is 16.2. The summed E-state index contributed by atoms with van der Waals surface area (Å²) in [6.07, 6.45) is 0.667. The van der Waals surface area contributed by atoms with Crippen LogP contribution in [0.2, 0.25) is 0 Å². The van der Waals surface area contributed by atoms with Crippen LogP contribution in [-0.4, -0.2) is 49.4 Å². The van der Waals surface area contributed by atoms with Crippen LogP contribution in [0.4, 0.5) is 0 Å². The molecule has 0 bridgehead atoms. The fourth-order valence-electron chi connectivity index (χ4n) is 1.69. The summed E-state index contributed by atoms with van der Waals surface area (Å²) in [4.78, 5) is 15.7. The number of hydrogen-bond donors (Lipinski definition) is 0. The molecule has 0 N–H and O–H groups in total. The molecular weight excluding hydrogens is 176 g/mol. The zero-order valence-corrected chi connectivity index (χ0v) is 10.2. The highest BCUT2D eigenvalue weighted by molar-refractivity contribution is 5.76. The van der Waals surface area contributed by atoms with Gasteiger partial charge in [0.15, 0.2) is 0 Å². The van der Waals surface area contributed by atoms with Gasteiger partial charge < -0.3 is 9.80 Å². The average Bonchev–Trinajstić information content (AvgIpc) is 2.04. The van der Waals surface area contributed by atoms with E-state index >= 15 is 0 Å². The Morgan fingerprint density at radius 2 is 1.71 bits per heavy atom. The molecule has 0 aromatic carbocycles. The number of carbonyl (C=O) groups excluding carboxylic acids is 1. The first kappa shape index (κ1) is 13.4. The summed E-state index contributed by atoms with van der Waals surface area (Å²) in [5.41, 5.74) is 0. The molecule has 0 aromatic heterocycles. The second-order valence-corrected chi connectivity index (χ2v) is 4.14. The van der Waals surface area contributed by atoms with E-state index in [0.717, 1.165) is 19.6 Å². The summed E-state index contributed by atoms with van der Waals surface area (Å²) < 4.78 is 0. The quantitative estimate of drug-likeness (QED) is 0.648. The zero-order chi connectivity index (χ0) is 11.1. The van der Waals surface area contributed by atoms with E-state index in [2.05, 4.69) is 11.8 Å². The Bertz CT molecular complexity index is 165. The molecule has 84 valence electrons. The Labute approximate surface area is 88.1 Å². The number of rotatable bonds is 6. The van der Waals surface area contributed by atoms with Gasteiger partial charge in [0, 0.05) is 26.1 Å². The Morgan fingerprint density at radius 3 is 2.07 bits per heavy atom. The maximum Gasteiger partial charge on any atom is 0.222 e. The lowest BCUT2D eigenvalue weighted by Crippen LogP contribution is -2.33. The van der Waals surface area contributed by atoms with E-state index in [1.807, 2.05) is 32.8 Å². The highest BCUT2D eigenvalue weighted by Crippen LogP contribution is 2.06. The molecule has 3 nitrogen and oxygen atoms in total. The summed E-state index contributed by atoms with van der Waals surface area (Å²) in [6, 6.07) is 0. The van der Waals surface area contributed by atoms with Gasteiger partial charge in [0.25, 0.3) is 0 Å². The van der Waals surface area contributed by atoms with Crippen molar-refractivity contribution in [3.8, 4) is 0 Å². The van der Waals surface area contributed by atoms with E-state index in [4.69, 9.17) is 0 Å². The zero-order valence-electron chi connectivity index (χ0n) is 10.2. The number of nitrogens with zero attached hydrogens (tertiary/aromatic N) is 2. The van der Waals surface area contributed by atoms with Crippen LogP contribution in [0.3, 0.4) is 0 Å². The molecule has 0 fully saturated rings. The van der Waals surface area contributed by atoms with Crippen molar-refractivity contribution < 1.29 is 4.79 Å². The van der Waals surface area contributed by atoms with Gasteiger partial charge >= 0.3 is 0 Å². The number of carbonyl (C=O) groups is 1. The monoisotopic (exact) mass is 200 g/mol. The standard InChI is InChI=1S/C11H24N2O/c1-6-13(7-2)11(14)8-10(3)9-12(4)5/h10H,6-9H2,1-5H3. The molecule has 0 aliphatic carbocycles. The summed E-state index contributed by atoms with van der Waals surface area (Å²) >= 11 is 0. The van der Waals surface area contributed by atoms with Crippen molar-refractivity contribution in [2.75, 3.05) is 33.7 Å². The third-order valence-corrected chi connectivity index (χ3v) is 2.32. The van der Waals surface area contributed by atoms with E-state index < -0.39 is 0 Å². The lowest BCUT2D eigenvalue weighted by Gasteiger charge is -2.22. The van der Waals surface area contributed by atoms with Gasteiger partial charge in [-0.05, 0) is 33.9 Å². The van der Waals surface area contributed by atoms with Crippen LogP contribution in [0.5, 0.6) is 0 Å². The predicted octanol–water partition coefficient (Wildman–Crippen LogP) is 1.44. The van der Waals surface area contributed by atoms with Crippen molar-refractivity contribution in [2.24, 2.45) is 5.92 Å². The molecule has 0 spiro atoms. The van der Waals surface area contributed by atoms with Crippen molar-refractivity contribution in [3.05, 3.63) is 0 Å². The summed E-state index contributed by atoms with van der Waals surface area (Å²) in [5, 5.41) is 0. The molecule has 0 saturated heterocycles. The number of hydrogen-bond acceptors (Lipinski definition) is 2. The minimum Gasteiger partial charge on any atom is -0.343 e. The summed E-state index contributed by atoms with van der Waals surface area (Å²) in [6.45, 7) is 8.80. The van der Waals surface area contributed by atoms with Crippen LogP contribution in [0.1, 0.15) is 27.2 Å². The maximum atomic E-state index is 11.7. The Morgan fingerprint density at radius 1 is 1.21 bits per heavy atom. The van der Waals surface area contributed by atoms with Crippen LogP contribution < -0.4 is 0 Å². The first-order valence-electron chi connectivity index (χ1n) is 5.43. The van der Waals surface area contributed by atoms with Gasteiger partial charge in [-0.25, -0.2) is 0 Å². The molecule has 0 aliphatic rings. The molecule has 0 aromatic rings. The van der Waals surface area contributed by atoms with Gasteiger partial charge in [0.1, 0.15) is 0 Å². The van der Waals surface area contributed by atoms with Crippen LogP contribution in [0.15, 0.2) is 0 Å². The Kier molecular flexibility index (Phi) is 6.54. The molecule has 0 saturated carbocycles. The third kappa shape index (κ3) is 5.22. The fraction of sp³-hybridized carbons (Fsp3) is 0.909. The predicted molar refractivity (Wildman–Crippen MR) is 60.3 cm³/mol. The van der Waals surface area contributed by atoms with Crippen LogP contribution >= 0.6 is 0 Å². The van der Waals surface area contributed by atoms with Crippen molar-refractivity contribution in [1.82, 2.24) is 9.80 Å². The Hall–Kier alpha value is -0.570. The van der Waals surface area contributed by atoms with Crippen molar-refractivity contribution in [2.45, 2.75) is 27.2 Å². The normalized spacial score (nSPS) is 13.0. The second-order valence-electron chi connectivity index (χ2n) is 4.14. The molecule has 1 unspecified atom stereocenters. The smallest absolute Gasteiger partial charge is 0.222 e. The minimum atomic E-state index is 0.282. The fourth-order valence-corrected chi connectivity index (χ4v) is 1.69. The van der Waals surface area contributed by atoms with E-state index in [-0.39, 0.29) is 5.91 Å². The minimum absolute atomic E-state index is 0.282. The van der Waals surface area contributed by atoms with Gasteiger partial charge in [-0.15, -0.1) is 0 Å². The first-order valence-corrected chi connectivity index (χ1v) is 5.43. The molecule has 0 heterocycles. The third-order valence-electron chi connectivity index (χ3n) is 2.32. The molecule has 3 heteroatoms. The van der Waals surface area contributed by atoms with Crippen LogP contribution in [0.25, 0.3) is 0 Å². The molecule has 0 radical (unpaired) electrons. The molecule has 14 heavy (non-hydrogen) atoms. The van der Waals surface area contributed by atoms with Crippen molar-refractivity contribution in [3.63, 3.8) is 0 Å². The topological polar surface area (TPSA) is 23.6 Å². The first-order chi connectivity index (χ1) is 6.51. The molecule has 0 aliphatic heterocycles. The van der Waals surface area contributed by atoms with Gasteiger partial charge in [0.2, 0.25) is 5.91 Å². The average molecular weight is 200 g/mol. The lowest BCUT2D eigenvalue weighted by atomic mass is 10.1. The van der Waals surface area contributed by atoms with E-state index in [1.165, 1.54) is 0 Å². The van der Waals surface area contributed by atoms with Crippen molar-refractivity contribution in [1.29, 1.82) is 0 Å². The van der Waals surface area contributed by atoms with Crippen LogP contribution in [-0.2, 0) is 4.79 Å². The van der Waals surface area contributed by atoms with Gasteiger partial charge in [-0.3, -0.25) is 4.79 Å². The molecule has 0 rings (SSSR count). The molecular formula is C11H24N2O. The maximum absolute atomic E-state index is 11.7. The van der Waals surface area contributed by atoms with Gasteiger partial charge in [-0.2, -0.15) is 0 Å². The Balaban J connectivity index is 3.91.